The SMILES string of the molecule is CCNC(c1cc(F)c(F)cc1F)c1cc(Cl)ccc1Cl. The van der Waals surface area contributed by atoms with E-state index in [1.807, 2.05) is 6.92 Å². The maximum atomic E-state index is 14.0. The summed E-state index contributed by atoms with van der Waals surface area (Å²) >= 11 is 12.0. The van der Waals surface area contributed by atoms with Crippen LogP contribution in [-0.2, 0) is 0 Å². The van der Waals surface area contributed by atoms with Gasteiger partial charge in [-0.05, 0) is 36.4 Å². The summed E-state index contributed by atoms with van der Waals surface area (Å²) in [6, 6.07) is 5.36. The summed E-state index contributed by atoms with van der Waals surface area (Å²) in [4.78, 5) is 0. The normalized spacial score (nSPS) is 12.5. The lowest BCUT2D eigenvalue weighted by Crippen LogP contribution is -2.23. The second-order valence-corrected chi connectivity index (χ2v) is 5.29. The van der Waals surface area contributed by atoms with E-state index in [2.05, 4.69) is 5.32 Å². The fraction of sp³-hybridized carbons (Fsp3) is 0.200. The molecule has 0 saturated carbocycles. The summed E-state index contributed by atoms with van der Waals surface area (Å²) in [7, 11) is 0. The first-order valence-electron chi connectivity index (χ1n) is 6.26. The number of hydrogen-bond donors (Lipinski definition) is 1. The maximum absolute atomic E-state index is 14.0. The van der Waals surface area contributed by atoms with Crippen LogP contribution in [0.4, 0.5) is 13.2 Å². The van der Waals surface area contributed by atoms with Gasteiger partial charge in [-0.25, -0.2) is 13.2 Å². The highest BCUT2D eigenvalue weighted by atomic mass is 35.5. The predicted molar refractivity (Wildman–Crippen MR) is 78.3 cm³/mol. The molecule has 2 aromatic rings. The molecule has 0 aliphatic rings. The molecule has 1 atom stereocenters. The molecule has 1 N–H and O–H groups in total. The molecule has 0 radical (unpaired) electrons. The van der Waals surface area contributed by atoms with Gasteiger partial charge in [0.2, 0.25) is 0 Å². The quantitative estimate of drug-likeness (QED) is 0.766. The van der Waals surface area contributed by atoms with E-state index in [0.717, 1.165) is 6.07 Å². The summed E-state index contributed by atoms with van der Waals surface area (Å²) in [6.07, 6.45) is 0. The van der Waals surface area contributed by atoms with Crippen molar-refractivity contribution in [2.45, 2.75) is 13.0 Å². The second-order valence-electron chi connectivity index (χ2n) is 4.44. The predicted octanol–water partition coefficient (Wildman–Crippen LogP) is 5.11. The molecular weight excluding hydrogens is 322 g/mol. The lowest BCUT2D eigenvalue weighted by atomic mass is 9.97. The van der Waals surface area contributed by atoms with Gasteiger partial charge in [0.15, 0.2) is 11.6 Å². The van der Waals surface area contributed by atoms with Gasteiger partial charge in [0.05, 0.1) is 6.04 Å². The zero-order valence-corrected chi connectivity index (χ0v) is 12.6. The van der Waals surface area contributed by atoms with Gasteiger partial charge in [0.25, 0.3) is 0 Å². The van der Waals surface area contributed by atoms with Crippen molar-refractivity contribution in [1.29, 1.82) is 0 Å². The highest BCUT2D eigenvalue weighted by Gasteiger charge is 2.22. The van der Waals surface area contributed by atoms with E-state index < -0.39 is 23.5 Å². The number of rotatable bonds is 4. The van der Waals surface area contributed by atoms with Crippen LogP contribution >= 0.6 is 23.2 Å². The Balaban J connectivity index is 2.58. The molecule has 0 heterocycles. The van der Waals surface area contributed by atoms with Gasteiger partial charge >= 0.3 is 0 Å². The van der Waals surface area contributed by atoms with E-state index in [9.17, 15) is 13.2 Å². The Morgan fingerprint density at radius 1 is 0.952 bits per heavy atom. The van der Waals surface area contributed by atoms with Crippen molar-refractivity contribution in [1.82, 2.24) is 5.32 Å². The van der Waals surface area contributed by atoms with Crippen molar-refractivity contribution >= 4 is 23.2 Å². The molecule has 2 rings (SSSR count). The zero-order chi connectivity index (χ0) is 15.6. The van der Waals surface area contributed by atoms with Crippen LogP contribution in [-0.4, -0.2) is 6.54 Å². The molecule has 2 aromatic carbocycles. The fourth-order valence-electron chi connectivity index (χ4n) is 2.09. The molecule has 1 unspecified atom stereocenters. The van der Waals surface area contributed by atoms with Crippen LogP contribution in [0.25, 0.3) is 0 Å². The van der Waals surface area contributed by atoms with Crippen molar-refractivity contribution in [2.24, 2.45) is 0 Å². The van der Waals surface area contributed by atoms with Crippen LogP contribution < -0.4 is 5.32 Å². The Morgan fingerprint density at radius 2 is 1.62 bits per heavy atom. The number of halogens is 5. The summed E-state index contributed by atoms with van der Waals surface area (Å²) in [5.41, 5.74) is 0.468. The first kappa shape index (κ1) is 16.1. The molecule has 0 aliphatic carbocycles. The van der Waals surface area contributed by atoms with Crippen LogP contribution in [0.15, 0.2) is 30.3 Å². The van der Waals surface area contributed by atoms with Crippen LogP contribution in [0.5, 0.6) is 0 Å². The average molecular weight is 334 g/mol. The van der Waals surface area contributed by atoms with Crippen molar-refractivity contribution in [3.05, 3.63) is 69.0 Å². The molecular formula is C15H12Cl2F3N. The van der Waals surface area contributed by atoms with Gasteiger partial charge in [0, 0.05) is 21.7 Å². The minimum absolute atomic E-state index is 0.0279. The largest absolute Gasteiger partial charge is 0.306 e. The Kier molecular flexibility index (Phi) is 5.14. The van der Waals surface area contributed by atoms with Crippen LogP contribution in [0.2, 0.25) is 10.0 Å². The molecule has 1 nitrogen and oxygen atoms in total. The van der Waals surface area contributed by atoms with E-state index in [-0.39, 0.29) is 5.56 Å². The minimum atomic E-state index is -1.23. The monoisotopic (exact) mass is 333 g/mol. The molecule has 21 heavy (non-hydrogen) atoms. The van der Waals surface area contributed by atoms with Crippen molar-refractivity contribution < 1.29 is 13.2 Å². The summed E-state index contributed by atoms with van der Waals surface area (Å²) < 4.78 is 40.5. The topological polar surface area (TPSA) is 12.0 Å². The van der Waals surface area contributed by atoms with Gasteiger partial charge in [-0.3, -0.25) is 0 Å². The van der Waals surface area contributed by atoms with E-state index in [1.165, 1.54) is 0 Å². The second kappa shape index (κ2) is 6.69. The van der Waals surface area contributed by atoms with Crippen molar-refractivity contribution in [3.63, 3.8) is 0 Å². The molecule has 112 valence electrons. The van der Waals surface area contributed by atoms with Crippen LogP contribution in [0.3, 0.4) is 0 Å². The first-order chi connectivity index (χ1) is 9.93. The Labute approximate surface area is 130 Å². The minimum Gasteiger partial charge on any atom is -0.306 e. The van der Waals surface area contributed by atoms with E-state index in [0.29, 0.717) is 28.2 Å². The Morgan fingerprint density at radius 3 is 2.29 bits per heavy atom. The molecule has 0 spiro atoms. The van der Waals surface area contributed by atoms with Gasteiger partial charge in [-0.15, -0.1) is 0 Å². The lowest BCUT2D eigenvalue weighted by Gasteiger charge is -2.21. The first-order valence-corrected chi connectivity index (χ1v) is 7.02. The molecule has 0 saturated heterocycles. The van der Waals surface area contributed by atoms with E-state index >= 15 is 0 Å². The molecule has 0 aliphatic heterocycles. The van der Waals surface area contributed by atoms with Crippen molar-refractivity contribution in [3.8, 4) is 0 Å². The number of hydrogen-bond acceptors (Lipinski definition) is 1. The number of benzene rings is 2. The van der Waals surface area contributed by atoms with Gasteiger partial charge in [-0.1, -0.05) is 30.1 Å². The average Bonchev–Trinajstić information content (AvgIpc) is 2.43. The molecule has 0 aromatic heterocycles. The van der Waals surface area contributed by atoms with Crippen LogP contribution in [0.1, 0.15) is 24.1 Å². The van der Waals surface area contributed by atoms with Gasteiger partial charge in [0.1, 0.15) is 5.82 Å². The van der Waals surface area contributed by atoms with Crippen LogP contribution in [0, 0.1) is 17.5 Å². The summed E-state index contributed by atoms with van der Waals surface area (Å²) in [5.74, 6) is -3.20. The lowest BCUT2D eigenvalue weighted by molar-refractivity contribution is 0.481. The zero-order valence-electron chi connectivity index (χ0n) is 11.1. The molecule has 0 bridgehead atoms. The van der Waals surface area contributed by atoms with Crippen molar-refractivity contribution in [2.75, 3.05) is 6.54 Å². The molecule has 0 amide bonds. The van der Waals surface area contributed by atoms with E-state index in [4.69, 9.17) is 23.2 Å². The van der Waals surface area contributed by atoms with Gasteiger partial charge in [-0.2, -0.15) is 0 Å². The Hall–Kier alpha value is -1.23. The van der Waals surface area contributed by atoms with Gasteiger partial charge < -0.3 is 5.32 Å². The fourth-order valence-corrected chi connectivity index (χ4v) is 2.49. The smallest absolute Gasteiger partial charge is 0.161 e. The summed E-state index contributed by atoms with van der Waals surface area (Å²) in [5, 5.41) is 3.77. The third-order valence-corrected chi connectivity index (χ3v) is 3.61. The third kappa shape index (κ3) is 3.51. The Bertz CT molecular complexity index is 662. The highest BCUT2D eigenvalue weighted by Crippen LogP contribution is 2.32. The maximum Gasteiger partial charge on any atom is 0.161 e. The summed E-state index contributed by atoms with van der Waals surface area (Å²) in [6.45, 7) is 2.29. The molecule has 6 heteroatoms. The number of nitrogens with one attached hydrogen (secondary N) is 1. The third-order valence-electron chi connectivity index (χ3n) is 3.03. The molecule has 0 fully saturated rings. The standard InChI is InChI=1S/C15H12Cl2F3N/c1-2-21-15(9-5-8(16)3-4-11(9)17)10-6-13(19)14(20)7-12(10)18/h3-7,15,21H,2H2,1H3. The highest BCUT2D eigenvalue weighted by molar-refractivity contribution is 6.33. The van der Waals surface area contributed by atoms with E-state index in [1.54, 1.807) is 18.2 Å².